The maximum atomic E-state index is 11.6. The summed E-state index contributed by atoms with van der Waals surface area (Å²) in [6.07, 6.45) is 1.69. The van der Waals surface area contributed by atoms with Crippen LogP contribution in [0.15, 0.2) is 22.8 Å². The molecule has 1 fully saturated rings. The molecule has 0 radical (unpaired) electrons. The fraction of sp³-hybridized carbons (Fsp3) is 0.500. The maximum absolute atomic E-state index is 11.6. The van der Waals surface area contributed by atoms with E-state index in [0.29, 0.717) is 25.6 Å². The Hall–Kier alpha value is -1.14. The fourth-order valence-corrected chi connectivity index (χ4v) is 1.96. The van der Waals surface area contributed by atoms with E-state index in [1.54, 1.807) is 11.1 Å². The number of carbonyl (C=O) groups is 1. The van der Waals surface area contributed by atoms with Gasteiger partial charge in [-0.05, 0) is 35.0 Å². The number of amides is 1. The zero-order valence-electron chi connectivity index (χ0n) is 10.1. The van der Waals surface area contributed by atoms with E-state index < -0.39 is 0 Å². The maximum Gasteiger partial charge on any atom is 0.248 e. The van der Waals surface area contributed by atoms with E-state index >= 15 is 0 Å². The predicted octanol–water partition coefficient (Wildman–Crippen LogP) is 1.47. The predicted molar refractivity (Wildman–Crippen MR) is 69.4 cm³/mol. The summed E-state index contributed by atoms with van der Waals surface area (Å²) in [7, 11) is 0. The van der Waals surface area contributed by atoms with Gasteiger partial charge in [0.1, 0.15) is 12.7 Å². The van der Waals surface area contributed by atoms with Crippen LogP contribution in [0, 0.1) is 0 Å². The van der Waals surface area contributed by atoms with Crippen LogP contribution in [0.25, 0.3) is 0 Å². The molecule has 2 heterocycles. The third-order valence-corrected chi connectivity index (χ3v) is 3.24. The van der Waals surface area contributed by atoms with E-state index in [4.69, 9.17) is 9.47 Å². The number of halogens is 1. The van der Waals surface area contributed by atoms with Crippen molar-refractivity contribution >= 4 is 21.8 Å². The van der Waals surface area contributed by atoms with Crippen LogP contribution in [0.5, 0.6) is 5.88 Å². The Morgan fingerprint density at radius 3 is 3.06 bits per heavy atom. The van der Waals surface area contributed by atoms with E-state index in [2.05, 4.69) is 20.9 Å². The van der Waals surface area contributed by atoms with E-state index in [1.165, 1.54) is 0 Å². The minimum absolute atomic E-state index is 0.0109. The smallest absolute Gasteiger partial charge is 0.248 e. The van der Waals surface area contributed by atoms with E-state index in [0.717, 1.165) is 4.47 Å². The number of hydrogen-bond acceptors (Lipinski definition) is 4. The molecular formula is C12H15BrN2O3. The van der Waals surface area contributed by atoms with Gasteiger partial charge >= 0.3 is 0 Å². The van der Waals surface area contributed by atoms with Gasteiger partial charge < -0.3 is 14.4 Å². The fourth-order valence-electron chi connectivity index (χ4n) is 1.61. The SMILES string of the molecule is CCOCC(=O)N1CC(Oc2ncccc2Br)C1. The molecule has 1 aromatic rings. The monoisotopic (exact) mass is 314 g/mol. The van der Waals surface area contributed by atoms with Gasteiger partial charge in [-0.25, -0.2) is 4.98 Å². The number of carbonyl (C=O) groups excluding carboxylic acids is 1. The first-order valence-electron chi connectivity index (χ1n) is 5.83. The molecule has 6 heteroatoms. The molecule has 2 rings (SSSR count). The second-order valence-electron chi connectivity index (χ2n) is 3.97. The van der Waals surface area contributed by atoms with E-state index in [1.807, 2.05) is 19.1 Å². The number of likely N-dealkylation sites (tertiary alicyclic amines) is 1. The molecule has 0 N–H and O–H groups in total. The first kappa shape index (κ1) is 13.3. The van der Waals surface area contributed by atoms with Crippen molar-refractivity contribution in [1.82, 2.24) is 9.88 Å². The average Bonchev–Trinajstić information content (AvgIpc) is 2.32. The molecule has 0 bridgehead atoms. The highest BCUT2D eigenvalue weighted by atomic mass is 79.9. The lowest BCUT2D eigenvalue weighted by Crippen LogP contribution is -2.57. The first-order chi connectivity index (χ1) is 8.70. The quantitative estimate of drug-likeness (QED) is 0.826. The Kier molecular flexibility index (Phi) is 4.54. The van der Waals surface area contributed by atoms with Crippen LogP contribution >= 0.6 is 15.9 Å². The molecule has 0 aromatic carbocycles. The van der Waals surface area contributed by atoms with Crippen molar-refractivity contribution in [2.45, 2.75) is 13.0 Å². The van der Waals surface area contributed by atoms with Crippen LogP contribution in [0.4, 0.5) is 0 Å². The van der Waals surface area contributed by atoms with Crippen molar-refractivity contribution < 1.29 is 14.3 Å². The van der Waals surface area contributed by atoms with Crippen molar-refractivity contribution in [2.24, 2.45) is 0 Å². The minimum atomic E-state index is 0.0109. The summed E-state index contributed by atoms with van der Waals surface area (Å²) in [5.41, 5.74) is 0. The van der Waals surface area contributed by atoms with Crippen molar-refractivity contribution in [3.8, 4) is 5.88 Å². The molecular weight excluding hydrogens is 300 g/mol. The van der Waals surface area contributed by atoms with Gasteiger partial charge in [0.05, 0.1) is 17.6 Å². The van der Waals surface area contributed by atoms with Gasteiger partial charge in [-0.1, -0.05) is 0 Å². The molecule has 1 aromatic heterocycles. The third-order valence-electron chi connectivity index (χ3n) is 2.63. The summed E-state index contributed by atoms with van der Waals surface area (Å²) in [6.45, 7) is 3.76. The molecule has 0 spiro atoms. The summed E-state index contributed by atoms with van der Waals surface area (Å²) < 4.78 is 11.6. The molecule has 0 atom stereocenters. The molecule has 0 aliphatic carbocycles. The third kappa shape index (κ3) is 3.20. The highest BCUT2D eigenvalue weighted by Crippen LogP contribution is 2.24. The second-order valence-corrected chi connectivity index (χ2v) is 4.82. The van der Waals surface area contributed by atoms with Gasteiger partial charge in [-0.15, -0.1) is 0 Å². The molecule has 1 saturated heterocycles. The molecule has 98 valence electrons. The number of pyridine rings is 1. The van der Waals surface area contributed by atoms with E-state index in [9.17, 15) is 4.79 Å². The lowest BCUT2D eigenvalue weighted by Gasteiger charge is -2.38. The van der Waals surface area contributed by atoms with Crippen LogP contribution in [0.3, 0.4) is 0 Å². The number of aromatic nitrogens is 1. The zero-order valence-corrected chi connectivity index (χ0v) is 11.7. The van der Waals surface area contributed by atoms with Crippen molar-refractivity contribution in [3.05, 3.63) is 22.8 Å². The lowest BCUT2D eigenvalue weighted by atomic mass is 10.1. The number of nitrogens with zero attached hydrogens (tertiary/aromatic N) is 2. The number of ether oxygens (including phenoxy) is 2. The Morgan fingerprint density at radius 1 is 1.61 bits per heavy atom. The summed E-state index contributed by atoms with van der Waals surface area (Å²) >= 11 is 3.37. The average molecular weight is 315 g/mol. The summed E-state index contributed by atoms with van der Waals surface area (Å²) in [4.78, 5) is 17.4. The molecule has 1 aliphatic rings. The topological polar surface area (TPSA) is 51.7 Å². The molecule has 0 saturated carbocycles. The minimum Gasteiger partial charge on any atom is -0.470 e. The zero-order chi connectivity index (χ0) is 13.0. The number of rotatable bonds is 5. The first-order valence-corrected chi connectivity index (χ1v) is 6.62. The van der Waals surface area contributed by atoms with Gasteiger partial charge in [-0.3, -0.25) is 4.79 Å². The Labute approximate surface area is 114 Å². The van der Waals surface area contributed by atoms with Crippen LogP contribution in [0.1, 0.15) is 6.92 Å². The largest absolute Gasteiger partial charge is 0.470 e. The van der Waals surface area contributed by atoms with Crippen molar-refractivity contribution in [1.29, 1.82) is 0 Å². The highest BCUT2D eigenvalue weighted by molar-refractivity contribution is 9.10. The molecule has 1 amide bonds. The normalized spacial score (nSPS) is 15.3. The molecule has 5 nitrogen and oxygen atoms in total. The lowest BCUT2D eigenvalue weighted by molar-refractivity contribution is -0.144. The van der Waals surface area contributed by atoms with Gasteiger partial charge in [0.25, 0.3) is 0 Å². The van der Waals surface area contributed by atoms with Crippen LogP contribution in [-0.2, 0) is 9.53 Å². The summed E-state index contributed by atoms with van der Waals surface area (Å²) in [6, 6.07) is 3.70. The van der Waals surface area contributed by atoms with Crippen molar-refractivity contribution in [2.75, 3.05) is 26.3 Å². The Balaban J connectivity index is 1.76. The molecule has 0 unspecified atom stereocenters. The van der Waals surface area contributed by atoms with Gasteiger partial charge in [0.15, 0.2) is 0 Å². The van der Waals surface area contributed by atoms with Crippen LogP contribution in [0.2, 0.25) is 0 Å². The van der Waals surface area contributed by atoms with Gasteiger partial charge in [-0.2, -0.15) is 0 Å². The van der Waals surface area contributed by atoms with Gasteiger partial charge in [0.2, 0.25) is 11.8 Å². The Bertz CT molecular complexity index is 422. The van der Waals surface area contributed by atoms with E-state index in [-0.39, 0.29) is 18.6 Å². The van der Waals surface area contributed by atoms with Crippen molar-refractivity contribution in [3.63, 3.8) is 0 Å². The summed E-state index contributed by atoms with van der Waals surface area (Å²) in [5.74, 6) is 0.580. The standard InChI is InChI=1S/C12H15BrN2O3/c1-2-17-8-11(16)15-6-9(7-15)18-12-10(13)4-3-5-14-12/h3-5,9H,2,6-8H2,1H3. The Morgan fingerprint density at radius 2 is 2.39 bits per heavy atom. The van der Waals surface area contributed by atoms with Gasteiger partial charge in [0, 0.05) is 12.8 Å². The summed E-state index contributed by atoms with van der Waals surface area (Å²) in [5, 5.41) is 0. The van der Waals surface area contributed by atoms with Crippen LogP contribution in [-0.4, -0.2) is 48.2 Å². The molecule has 18 heavy (non-hydrogen) atoms. The highest BCUT2D eigenvalue weighted by Gasteiger charge is 2.32. The van der Waals surface area contributed by atoms with Crippen LogP contribution < -0.4 is 4.74 Å². The second kappa shape index (κ2) is 6.15. The number of hydrogen-bond donors (Lipinski definition) is 0. The molecule has 1 aliphatic heterocycles.